The minimum Gasteiger partial charge on any atom is -0.382 e. The van der Waals surface area contributed by atoms with Crippen LogP contribution in [0.3, 0.4) is 0 Å². The summed E-state index contributed by atoms with van der Waals surface area (Å²) in [7, 11) is 0. The van der Waals surface area contributed by atoms with E-state index in [1.807, 2.05) is 18.0 Å². The Labute approximate surface area is 160 Å². The van der Waals surface area contributed by atoms with Crippen molar-refractivity contribution in [2.45, 2.75) is 33.1 Å². The van der Waals surface area contributed by atoms with Gasteiger partial charge in [0.05, 0.1) is 5.92 Å². The molecule has 1 atom stereocenters. The summed E-state index contributed by atoms with van der Waals surface area (Å²) in [6.45, 7) is 7.13. The maximum atomic E-state index is 12.3. The summed E-state index contributed by atoms with van der Waals surface area (Å²) in [6.07, 6.45) is 3.92. The van der Waals surface area contributed by atoms with Gasteiger partial charge in [0.25, 0.3) is 0 Å². The van der Waals surface area contributed by atoms with E-state index in [2.05, 4.69) is 35.4 Å². The smallest absolute Gasteiger partial charge is 0.225 e. The normalized spacial score (nSPS) is 17.0. The van der Waals surface area contributed by atoms with Gasteiger partial charge >= 0.3 is 0 Å². The lowest BCUT2D eigenvalue weighted by molar-refractivity contribution is -0.129. The van der Waals surface area contributed by atoms with Crippen molar-refractivity contribution in [3.8, 4) is 0 Å². The highest BCUT2D eigenvalue weighted by atomic mass is 16.5. The minimum atomic E-state index is -0.241. The van der Waals surface area contributed by atoms with E-state index in [0.29, 0.717) is 39.3 Å². The molecule has 0 spiro atoms. The van der Waals surface area contributed by atoms with Crippen molar-refractivity contribution in [3.63, 3.8) is 0 Å². The van der Waals surface area contributed by atoms with Crippen LogP contribution in [0.1, 0.15) is 30.9 Å². The van der Waals surface area contributed by atoms with Gasteiger partial charge < -0.3 is 19.9 Å². The summed E-state index contributed by atoms with van der Waals surface area (Å²) < 4.78 is 5.26. The molecule has 1 aromatic carbocycles. The average Bonchev–Trinajstić information content (AvgIpc) is 3.22. The number of carbonyl (C=O) groups is 2. The highest BCUT2D eigenvalue weighted by Crippen LogP contribution is 2.22. The van der Waals surface area contributed by atoms with Gasteiger partial charge in [0.15, 0.2) is 0 Å². The molecule has 0 saturated carbocycles. The molecule has 0 radical (unpaired) electrons. The molecular weight excluding hydrogens is 342 g/mol. The molecular formula is C21H29N3O3. The molecule has 1 aliphatic rings. The van der Waals surface area contributed by atoms with Crippen molar-refractivity contribution in [1.82, 2.24) is 15.2 Å². The fraction of sp³-hybridized carbons (Fsp3) is 0.524. The second kappa shape index (κ2) is 9.04. The van der Waals surface area contributed by atoms with Crippen molar-refractivity contribution in [2.75, 3.05) is 32.8 Å². The number of amides is 2. The molecule has 6 heteroatoms. The summed E-state index contributed by atoms with van der Waals surface area (Å²) in [5, 5.41) is 4.14. The van der Waals surface area contributed by atoms with E-state index in [1.165, 1.54) is 16.5 Å². The number of aryl methyl sites for hydroxylation is 1. The standard InChI is InChI=1S/C21H29N3O3/c1-3-27-10-4-8-22-21(26)17-12-20(25)24(14-17)9-7-16-13-23-19-6-5-15(2)11-18(16)19/h5-6,11,13,17,23H,3-4,7-10,12,14H2,1-2H3,(H,22,26)/t17-/m1/s1. The Morgan fingerprint density at radius 2 is 2.26 bits per heavy atom. The highest BCUT2D eigenvalue weighted by molar-refractivity contribution is 5.89. The van der Waals surface area contributed by atoms with Crippen LogP contribution in [0.25, 0.3) is 10.9 Å². The molecule has 6 nitrogen and oxygen atoms in total. The second-order valence-electron chi connectivity index (χ2n) is 7.20. The third-order valence-corrected chi connectivity index (χ3v) is 5.13. The topological polar surface area (TPSA) is 74.4 Å². The summed E-state index contributed by atoms with van der Waals surface area (Å²) >= 11 is 0. The zero-order chi connectivity index (χ0) is 19.2. The van der Waals surface area contributed by atoms with E-state index in [1.54, 1.807) is 0 Å². The number of likely N-dealkylation sites (tertiary alicyclic amines) is 1. The predicted octanol–water partition coefficient (Wildman–Crippen LogP) is 2.41. The molecule has 2 aromatic rings. The first kappa shape index (κ1) is 19.4. The van der Waals surface area contributed by atoms with E-state index in [0.717, 1.165) is 18.4 Å². The molecule has 1 fully saturated rings. The van der Waals surface area contributed by atoms with Crippen LogP contribution in [-0.4, -0.2) is 54.5 Å². The summed E-state index contributed by atoms with van der Waals surface area (Å²) in [5.41, 5.74) is 3.56. The van der Waals surface area contributed by atoms with Gasteiger partial charge in [-0.2, -0.15) is 0 Å². The van der Waals surface area contributed by atoms with Gasteiger partial charge in [-0.25, -0.2) is 0 Å². The maximum absolute atomic E-state index is 12.3. The molecule has 1 aromatic heterocycles. The van der Waals surface area contributed by atoms with E-state index in [9.17, 15) is 9.59 Å². The molecule has 0 unspecified atom stereocenters. The SMILES string of the molecule is CCOCCCNC(=O)[C@@H]1CC(=O)N(CCc2c[nH]c3ccc(C)cc23)C1. The van der Waals surface area contributed by atoms with Crippen LogP contribution >= 0.6 is 0 Å². The molecule has 2 heterocycles. The fourth-order valence-electron chi connectivity index (χ4n) is 3.59. The van der Waals surface area contributed by atoms with Crippen molar-refractivity contribution in [2.24, 2.45) is 5.92 Å². The van der Waals surface area contributed by atoms with Crippen LogP contribution < -0.4 is 5.32 Å². The van der Waals surface area contributed by atoms with Crippen LogP contribution in [0.5, 0.6) is 0 Å². The van der Waals surface area contributed by atoms with E-state index in [4.69, 9.17) is 4.74 Å². The molecule has 27 heavy (non-hydrogen) atoms. The number of rotatable bonds is 9. The van der Waals surface area contributed by atoms with E-state index < -0.39 is 0 Å². The molecule has 0 bridgehead atoms. The van der Waals surface area contributed by atoms with Gasteiger partial charge in [-0.3, -0.25) is 9.59 Å². The molecule has 2 amide bonds. The molecule has 0 aliphatic carbocycles. The number of nitrogens with zero attached hydrogens (tertiary/aromatic N) is 1. The number of aromatic amines is 1. The van der Waals surface area contributed by atoms with Crippen LogP contribution in [0, 0.1) is 12.8 Å². The first-order chi connectivity index (χ1) is 13.1. The summed E-state index contributed by atoms with van der Waals surface area (Å²) in [5.74, 6) is -0.194. The van der Waals surface area contributed by atoms with Gasteiger partial charge in [-0.15, -0.1) is 0 Å². The monoisotopic (exact) mass is 371 g/mol. The lowest BCUT2D eigenvalue weighted by atomic mass is 10.1. The van der Waals surface area contributed by atoms with Gasteiger partial charge in [0.2, 0.25) is 11.8 Å². The average molecular weight is 371 g/mol. The largest absolute Gasteiger partial charge is 0.382 e. The van der Waals surface area contributed by atoms with Crippen LogP contribution in [-0.2, 0) is 20.7 Å². The summed E-state index contributed by atoms with van der Waals surface area (Å²) in [4.78, 5) is 29.7. The Bertz CT molecular complexity index is 799. The second-order valence-corrected chi connectivity index (χ2v) is 7.20. The Kier molecular flexibility index (Phi) is 6.50. The van der Waals surface area contributed by atoms with Gasteiger partial charge in [-0.05, 0) is 44.4 Å². The number of hydrogen-bond donors (Lipinski definition) is 2. The van der Waals surface area contributed by atoms with Crippen LogP contribution in [0.15, 0.2) is 24.4 Å². The van der Waals surface area contributed by atoms with Crippen LogP contribution in [0.2, 0.25) is 0 Å². The Morgan fingerprint density at radius 3 is 3.07 bits per heavy atom. The number of fused-ring (bicyclic) bond motifs is 1. The predicted molar refractivity (Wildman–Crippen MR) is 106 cm³/mol. The molecule has 3 rings (SSSR count). The first-order valence-corrected chi connectivity index (χ1v) is 9.78. The maximum Gasteiger partial charge on any atom is 0.225 e. The van der Waals surface area contributed by atoms with Crippen molar-refractivity contribution < 1.29 is 14.3 Å². The zero-order valence-corrected chi connectivity index (χ0v) is 16.2. The van der Waals surface area contributed by atoms with Crippen molar-refractivity contribution in [1.29, 1.82) is 0 Å². The van der Waals surface area contributed by atoms with Gasteiger partial charge in [0.1, 0.15) is 0 Å². The highest BCUT2D eigenvalue weighted by Gasteiger charge is 2.33. The third-order valence-electron chi connectivity index (χ3n) is 5.13. The van der Waals surface area contributed by atoms with E-state index in [-0.39, 0.29) is 17.7 Å². The lowest BCUT2D eigenvalue weighted by Gasteiger charge is -2.16. The van der Waals surface area contributed by atoms with Crippen molar-refractivity contribution >= 4 is 22.7 Å². The number of ether oxygens (including phenoxy) is 1. The Hall–Kier alpha value is -2.34. The number of H-pyrrole nitrogens is 1. The quantitative estimate of drug-likeness (QED) is 0.665. The number of carbonyl (C=O) groups excluding carboxylic acids is 2. The van der Waals surface area contributed by atoms with Gasteiger partial charge in [-0.1, -0.05) is 11.6 Å². The Morgan fingerprint density at radius 1 is 1.41 bits per heavy atom. The number of hydrogen-bond acceptors (Lipinski definition) is 3. The van der Waals surface area contributed by atoms with E-state index >= 15 is 0 Å². The zero-order valence-electron chi connectivity index (χ0n) is 16.2. The minimum absolute atomic E-state index is 0.0231. The number of nitrogens with one attached hydrogen (secondary N) is 2. The molecule has 146 valence electrons. The fourth-order valence-corrected chi connectivity index (χ4v) is 3.59. The van der Waals surface area contributed by atoms with Crippen LogP contribution in [0.4, 0.5) is 0 Å². The Balaban J connectivity index is 1.49. The van der Waals surface area contributed by atoms with Crippen molar-refractivity contribution in [3.05, 3.63) is 35.5 Å². The number of aromatic nitrogens is 1. The number of benzene rings is 1. The summed E-state index contributed by atoms with van der Waals surface area (Å²) in [6, 6.07) is 6.34. The molecule has 1 aliphatic heterocycles. The van der Waals surface area contributed by atoms with Gasteiger partial charge in [0, 0.05) is 56.4 Å². The molecule has 1 saturated heterocycles. The first-order valence-electron chi connectivity index (χ1n) is 9.78. The lowest BCUT2D eigenvalue weighted by Crippen LogP contribution is -2.34. The third kappa shape index (κ3) is 4.89. The molecule has 2 N–H and O–H groups in total.